The van der Waals surface area contributed by atoms with Crippen molar-refractivity contribution in [1.29, 1.82) is 0 Å². The van der Waals surface area contributed by atoms with Gasteiger partial charge >= 0.3 is 0 Å². The number of carbonyl (C=O) groups excluding carboxylic acids is 1. The normalized spacial score (nSPS) is 11.6. The number of hydrogen-bond acceptors (Lipinski definition) is 4. The second-order valence-corrected chi connectivity index (χ2v) is 7.65. The van der Waals surface area contributed by atoms with Gasteiger partial charge in [-0.1, -0.05) is 39.0 Å². The monoisotopic (exact) mass is 366 g/mol. The zero-order valence-electron chi connectivity index (χ0n) is 16.5. The van der Waals surface area contributed by atoms with Gasteiger partial charge in [-0.3, -0.25) is 4.79 Å². The Kier molecular flexibility index (Phi) is 5.12. The zero-order valence-corrected chi connectivity index (χ0v) is 16.5. The average Bonchev–Trinajstić information content (AvgIpc) is 3.22. The van der Waals surface area contributed by atoms with E-state index < -0.39 is 0 Å². The maximum absolute atomic E-state index is 12.8. The molecule has 1 aromatic carbocycles. The van der Waals surface area contributed by atoms with Gasteiger partial charge in [-0.15, -0.1) is 10.2 Å². The fourth-order valence-electron chi connectivity index (χ4n) is 2.86. The molecule has 1 N–H and O–H groups in total. The van der Waals surface area contributed by atoms with Crippen LogP contribution in [-0.4, -0.2) is 37.0 Å². The Morgan fingerprint density at radius 2 is 1.85 bits per heavy atom. The molecule has 0 radical (unpaired) electrons. The molecule has 27 heavy (non-hydrogen) atoms. The van der Waals surface area contributed by atoms with Gasteiger partial charge in [0.2, 0.25) is 0 Å². The molecular formula is C20H26N6O. The Morgan fingerprint density at radius 3 is 2.44 bits per heavy atom. The van der Waals surface area contributed by atoms with Gasteiger partial charge in [0.15, 0.2) is 0 Å². The van der Waals surface area contributed by atoms with Crippen molar-refractivity contribution in [1.82, 2.24) is 29.9 Å². The third-order valence-corrected chi connectivity index (χ3v) is 4.51. The van der Waals surface area contributed by atoms with Gasteiger partial charge in [0.1, 0.15) is 11.6 Å². The number of amides is 1. The molecule has 142 valence electrons. The van der Waals surface area contributed by atoms with Crippen LogP contribution in [-0.2, 0) is 18.9 Å². The fourth-order valence-corrected chi connectivity index (χ4v) is 2.86. The quantitative estimate of drug-likeness (QED) is 0.753. The number of aromatic nitrogens is 5. The van der Waals surface area contributed by atoms with Crippen molar-refractivity contribution in [3.05, 3.63) is 59.4 Å². The summed E-state index contributed by atoms with van der Waals surface area (Å²) < 4.78 is 3.70. The van der Waals surface area contributed by atoms with E-state index in [1.165, 1.54) is 0 Å². The van der Waals surface area contributed by atoms with Crippen molar-refractivity contribution < 1.29 is 4.79 Å². The van der Waals surface area contributed by atoms with E-state index in [0.717, 1.165) is 23.0 Å². The van der Waals surface area contributed by atoms with E-state index >= 15 is 0 Å². The molecule has 0 atom stereocenters. The molecule has 0 aliphatic rings. The molecule has 0 aliphatic carbocycles. The highest BCUT2D eigenvalue weighted by atomic mass is 16.1. The lowest BCUT2D eigenvalue weighted by atomic mass is 9.89. The number of rotatable bonds is 5. The minimum absolute atomic E-state index is 0.124. The molecule has 0 spiro atoms. The van der Waals surface area contributed by atoms with Crippen molar-refractivity contribution in [2.24, 2.45) is 7.05 Å². The van der Waals surface area contributed by atoms with Crippen LogP contribution in [0.4, 0.5) is 0 Å². The van der Waals surface area contributed by atoms with Crippen molar-refractivity contribution in [3.8, 4) is 5.69 Å². The van der Waals surface area contributed by atoms with Gasteiger partial charge < -0.3 is 9.88 Å². The highest BCUT2D eigenvalue weighted by Crippen LogP contribution is 2.25. The maximum atomic E-state index is 12.8. The first-order valence-electron chi connectivity index (χ1n) is 9.06. The van der Waals surface area contributed by atoms with Crippen molar-refractivity contribution in [3.63, 3.8) is 0 Å². The lowest BCUT2D eigenvalue weighted by Crippen LogP contribution is -2.28. The van der Waals surface area contributed by atoms with Crippen LogP contribution in [0.5, 0.6) is 0 Å². The molecule has 3 rings (SSSR count). The van der Waals surface area contributed by atoms with E-state index in [2.05, 4.69) is 41.4 Å². The molecule has 0 unspecified atom stereocenters. The van der Waals surface area contributed by atoms with Gasteiger partial charge in [-0.2, -0.15) is 5.10 Å². The van der Waals surface area contributed by atoms with Gasteiger partial charge in [-0.25, -0.2) is 4.68 Å². The number of nitrogens with zero attached hydrogens (tertiary/aromatic N) is 5. The summed E-state index contributed by atoms with van der Waals surface area (Å²) in [6, 6.07) is 9.81. The Morgan fingerprint density at radius 1 is 1.15 bits per heavy atom. The van der Waals surface area contributed by atoms with Crippen LogP contribution >= 0.6 is 0 Å². The molecular weight excluding hydrogens is 340 g/mol. The topological polar surface area (TPSA) is 77.6 Å². The van der Waals surface area contributed by atoms with E-state index in [9.17, 15) is 4.79 Å². The highest BCUT2D eigenvalue weighted by molar-refractivity contribution is 5.95. The Hall–Kier alpha value is -2.96. The molecule has 0 saturated carbocycles. The molecule has 2 aromatic heterocycles. The van der Waals surface area contributed by atoms with Gasteiger partial charge in [0.25, 0.3) is 5.91 Å². The minimum atomic E-state index is -0.243. The third kappa shape index (κ3) is 4.07. The van der Waals surface area contributed by atoms with Crippen LogP contribution in [0.1, 0.15) is 48.5 Å². The number of hydrogen-bond donors (Lipinski definition) is 1. The first-order chi connectivity index (χ1) is 12.8. The van der Waals surface area contributed by atoms with E-state index in [-0.39, 0.29) is 11.3 Å². The first kappa shape index (κ1) is 18.8. The number of nitrogens with one attached hydrogen (secondary N) is 1. The Labute approximate surface area is 159 Å². The van der Waals surface area contributed by atoms with E-state index in [1.54, 1.807) is 10.9 Å². The predicted molar refractivity (Wildman–Crippen MR) is 104 cm³/mol. The number of aryl methyl sites for hydroxylation is 1. The van der Waals surface area contributed by atoms with Crippen LogP contribution in [0.25, 0.3) is 5.69 Å². The summed E-state index contributed by atoms with van der Waals surface area (Å²) in [5.74, 6) is 1.58. The predicted octanol–water partition coefficient (Wildman–Crippen LogP) is 2.58. The Bertz CT molecular complexity index is 933. The van der Waals surface area contributed by atoms with Gasteiger partial charge in [-0.05, 0) is 19.1 Å². The van der Waals surface area contributed by atoms with Crippen LogP contribution in [0.15, 0.2) is 36.5 Å². The maximum Gasteiger partial charge on any atom is 0.254 e. The van der Waals surface area contributed by atoms with Gasteiger partial charge in [0.05, 0.1) is 16.9 Å². The van der Waals surface area contributed by atoms with E-state index in [4.69, 9.17) is 0 Å². The SMILES string of the molecule is Cc1nnc(CCNC(=O)c2cn(-c3ccccc3)nc2C(C)(C)C)n1C. The second kappa shape index (κ2) is 7.34. The highest BCUT2D eigenvalue weighted by Gasteiger charge is 2.26. The van der Waals surface area contributed by atoms with Crippen molar-refractivity contribution >= 4 is 5.91 Å². The summed E-state index contributed by atoms with van der Waals surface area (Å²) in [4.78, 5) is 12.8. The average molecular weight is 366 g/mol. The smallest absolute Gasteiger partial charge is 0.254 e. The minimum Gasteiger partial charge on any atom is -0.351 e. The molecule has 7 nitrogen and oxygen atoms in total. The van der Waals surface area contributed by atoms with Crippen LogP contribution in [0.3, 0.4) is 0 Å². The molecule has 0 fully saturated rings. The molecule has 7 heteroatoms. The molecule has 0 bridgehead atoms. The van der Waals surface area contributed by atoms with E-state index in [1.807, 2.05) is 48.9 Å². The van der Waals surface area contributed by atoms with Crippen molar-refractivity contribution in [2.75, 3.05) is 6.54 Å². The summed E-state index contributed by atoms with van der Waals surface area (Å²) in [6.45, 7) is 8.57. The van der Waals surface area contributed by atoms with Gasteiger partial charge in [0, 0.05) is 31.6 Å². The molecule has 3 aromatic rings. The first-order valence-corrected chi connectivity index (χ1v) is 9.06. The van der Waals surface area contributed by atoms with E-state index in [0.29, 0.717) is 18.5 Å². The van der Waals surface area contributed by atoms with Crippen LogP contribution in [0.2, 0.25) is 0 Å². The summed E-state index contributed by atoms with van der Waals surface area (Å²) in [5, 5.41) is 15.8. The van der Waals surface area contributed by atoms with Crippen LogP contribution in [0, 0.1) is 6.92 Å². The molecule has 0 aliphatic heterocycles. The molecule has 1 amide bonds. The summed E-state index contributed by atoms with van der Waals surface area (Å²) in [7, 11) is 1.92. The Balaban J connectivity index is 1.78. The largest absolute Gasteiger partial charge is 0.351 e. The van der Waals surface area contributed by atoms with Crippen molar-refractivity contribution in [2.45, 2.75) is 39.5 Å². The zero-order chi connectivity index (χ0) is 19.6. The summed E-state index contributed by atoms with van der Waals surface area (Å²) >= 11 is 0. The number of para-hydroxylation sites is 1. The third-order valence-electron chi connectivity index (χ3n) is 4.51. The number of benzene rings is 1. The lowest BCUT2D eigenvalue weighted by Gasteiger charge is -2.17. The fraction of sp³-hybridized carbons (Fsp3) is 0.400. The lowest BCUT2D eigenvalue weighted by molar-refractivity contribution is 0.0951. The standard InChI is InChI=1S/C20H26N6O/c1-14-22-23-17(25(14)5)11-12-21-19(27)16-13-26(15-9-7-6-8-10-15)24-18(16)20(2,3)4/h6-10,13H,11-12H2,1-5H3,(H,21,27). The summed E-state index contributed by atoms with van der Waals surface area (Å²) in [5.41, 5.74) is 2.06. The number of carbonyl (C=O) groups is 1. The molecule has 0 saturated heterocycles. The second-order valence-electron chi connectivity index (χ2n) is 7.65. The molecule has 2 heterocycles. The summed E-state index contributed by atoms with van der Waals surface area (Å²) in [6.07, 6.45) is 2.43. The van der Waals surface area contributed by atoms with Crippen LogP contribution < -0.4 is 5.32 Å².